The van der Waals surface area contributed by atoms with Gasteiger partial charge in [-0.3, -0.25) is 0 Å². The van der Waals surface area contributed by atoms with Gasteiger partial charge in [-0.2, -0.15) is 0 Å². The van der Waals surface area contributed by atoms with E-state index in [4.69, 9.17) is 0 Å². The van der Waals surface area contributed by atoms with Crippen molar-refractivity contribution in [2.45, 2.75) is 52.0 Å². The Kier molecular flexibility index (Phi) is 4.00. The first-order chi connectivity index (χ1) is 8.56. The summed E-state index contributed by atoms with van der Waals surface area (Å²) in [7, 11) is 0. The largest absolute Gasteiger partial charge is 0.310 e. The predicted molar refractivity (Wildman–Crippen MR) is 69.8 cm³/mol. The maximum atomic E-state index is 14.0. The lowest BCUT2D eigenvalue weighted by Gasteiger charge is -2.32. The molecule has 1 aliphatic carbocycles. The van der Waals surface area contributed by atoms with Crippen LogP contribution < -0.4 is 5.32 Å². The summed E-state index contributed by atoms with van der Waals surface area (Å²) in [6, 6.07) is 1.13. The Hall–Kier alpha value is -0.960. The Balaban J connectivity index is 2.48. The second-order valence-corrected chi connectivity index (χ2v) is 5.28. The van der Waals surface area contributed by atoms with Crippen molar-refractivity contribution in [3.63, 3.8) is 0 Å². The van der Waals surface area contributed by atoms with Crippen LogP contribution in [-0.2, 0) is 0 Å². The minimum absolute atomic E-state index is 0.0985. The van der Waals surface area contributed by atoms with Gasteiger partial charge in [0.2, 0.25) is 0 Å². The SMILES string of the molecule is CCCNC1CCC(C)c2c(F)cc(F)c(C)c21. The van der Waals surface area contributed by atoms with Crippen LogP contribution in [0.5, 0.6) is 0 Å². The summed E-state index contributed by atoms with van der Waals surface area (Å²) >= 11 is 0. The van der Waals surface area contributed by atoms with Crippen LogP contribution in [-0.4, -0.2) is 6.54 Å². The third kappa shape index (κ3) is 2.28. The van der Waals surface area contributed by atoms with Crippen LogP contribution in [0.2, 0.25) is 0 Å². The third-order valence-corrected chi connectivity index (χ3v) is 3.93. The first-order valence-corrected chi connectivity index (χ1v) is 6.78. The van der Waals surface area contributed by atoms with Gasteiger partial charge in [-0.1, -0.05) is 13.8 Å². The van der Waals surface area contributed by atoms with Gasteiger partial charge in [0, 0.05) is 12.1 Å². The number of hydrogen-bond donors (Lipinski definition) is 1. The van der Waals surface area contributed by atoms with Gasteiger partial charge in [0.25, 0.3) is 0 Å². The minimum Gasteiger partial charge on any atom is -0.310 e. The van der Waals surface area contributed by atoms with E-state index in [-0.39, 0.29) is 17.8 Å². The Morgan fingerprint density at radius 1 is 1.22 bits per heavy atom. The van der Waals surface area contributed by atoms with Crippen molar-refractivity contribution in [2.24, 2.45) is 0 Å². The topological polar surface area (TPSA) is 12.0 Å². The molecule has 3 heteroatoms. The summed E-state index contributed by atoms with van der Waals surface area (Å²) in [4.78, 5) is 0. The maximum absolute atomic E-state index is 14.0. The van der Waals surface area contributed by atoms with Crippen LogP contribution in [0, 0.1) is 18.6 Å². The van der Waals surface area contributed by atoms with Gasteiger partial charge < -0.3 is 5.32 Å². The van der Waals surface area contributed by atoms with Gasteiger partial charge in [0.15, 0.2) is 0 Å². The van der Waals surface area contributed by atoms with Crippen molar-refractivity contribution in [3.05, 3.63) is 34.4 Å². The molecule has 0 aliphatic heterocycles. The molecule has 18 heavy (non-hydrogen) atoms. The second kappa shape index (κ2) is 5.35. The number of halogens is 2. The normalized spacial score (nSPS) is 22.9. The molecule has 1 aliphatic rings. The lowest BCUT2D eigenvalue weighted by atomic mass is 9.78. The van der Waals surface area contributed by atoms with Crippen LogP contribution >= 0.6 is 0 Å². The standard InChI is InChI=1S/C15H21F2N/c1-4-7-18-13-6-5-9(2)14-12(17)8-11(16)10(3)15(13)14/h8-9,13,18H,4-7H2,1-3H3. The summed E-state index contributed by atoms with van der Waals surface area (Å²) in [5.74, 6) is -0.633. The lowest BCUT2D eigenvalue weighted by molar-refractivity contribution is 0.412. The highest BCUT2D eigenvalue weighted by atomic mass is 19.1. The molecule has 0 heterocycles. The van der Waals surface area contributed by atoms with Gasteiger partial charge in [-0.05, 0) is 55.3 Å². The van der Waals surface area contributed by atoms with E-state index in [2.05, 4.69) is 12.2 Å². The molecular weight excluding hydrogens is 232 g/mol. The van der Waals surface area contributed by atoms with E-state index >= 15 is 0 Å². The Bertz CT molecular complexity index is 443. The zero-order chi connectivity index (χ0) is 13.3. The Morgan fingerprint density at radius 2 is 1.94 bits per heavy atom. The summed E-state index contributed by atoms with van der Waals surface area (Å²) in [6.45, 7) is 6.76. The van der Waals surface area contributed by atoms with Crippen molar-refractivity contribution in [2.75, 3.05) is 6.54 Å². The van der Waals surface area contributed by atoms with Crippen LogP contribution in [0.3, 0.4) is 0 Å². The van der Waals surface area contributed by atoms with E-state index in [1.807, 2.05) is 6.92 Å². The number of nitrogens with one attached hydrogen (secondary N) is 1. The Morgan fingerprint density at radius 3 is 2.61 bits per heavy atom. The average molecular weight is 253 g/mol. The summed E-state index contributed by atoms with van der Waals surface area (Å²) < 4.78 is 27.7. The molecule has 1 aromatic carbocycles. The predicted octanol–water partition coefficient (Wildman–Crippen LogP) is 4.21. The monoisotopic (exact) mass is 253 g/mol. The van der Waals surface area contributed by atoms with E-state index in [1.165, 1.54) is 0 Å². The first-order valence-electron chi connectivity index (χ1n) is 6.78. The van der Waals surface area contributed by atoms with Gasteiger partial charge in [-0.15, -0.1) is 0 Å². The molecule has 1 aromatic rings. The quantitative estimate of drug-likeness (QED) is 0.850. The van der Waals surface area contributed by atoms with Crippen LogP contribution in [0.4, 0.5) is 8.78 Å². The smallest absolute Gasteiger partial charge is 0.129 e. The first kappa shape index (κ1) is 13.5. The van der Waals surface area contributed by atoms with Gasteiger partial charge in [0.05, 0.1) is 0 Å². The van der Waals surface area contributed by atoms with Crippen molar-refractivity contribution in [1.82, 2.24) is 5.32 Å². The van der Waals surface area contributed by atoms with E-state index in [1.54, 1.807) is 6.92 Å². The molecule has 2 rings (SSSR count). The maximum Gasteiger partial charge on any atom is 0.129 e. The Labute approximate surface area is 108 Å². The summed E-state index contributed by atoms with van der Waals surface area (Å²) in [6.07, 6.45) is 2.94. The van der Waals surface area contributed by atoms with Gasteiger partial charge in [0.1, 0.15) is 11.6 Å². The van der Waals surface area contributed by atoms with Gasteiger partial charge in [-0.25, -0.2) is 8.78 Å². The number of hydrogen-bond acceptors (Lipinski definition) is 1. The van der Waals surface area contributed by atoms with Crippen molar-refractivity contribution >= 4 is 0 Å². The average Bonchev–Trinajstić information content (AvgIpc) is 2.34. The number of benzene rings is 1. The molecule has 0 spiro atoms. The van der Waals surface area contributed by atoms with E-state index < -0.39 is 5.82 Å². The molecule has 0 bridgehead atoms. The summed E-state index contributed by atoms with van der Waals surface area (Å²) in [5, 5.41) is 3.41. The van der Waals surface area contributed by atoms with E-state index in [0.717, 1.165) is 37.4 Å². The fourth-order valence-electron chi connectivity index (χ4n) is 2.93. The summed E-state index contributed by atoms with van der Waals surface area (Å²) in [5.41, 5.74) is 2.18. The highest BCUT2D eigenvalue weighted by Gasteiger charge is 2.30. The molecule has 0 aromatic heterocycles. The van der Waals surface area contributed by atoms with Crippen LogP contribution in [0.1, 0.15) is 61.8 Å². The molecule has 1 N–H and O–H groups in total. The van der Waals surface area contributed by atoms with Crippen molar-refractivity contribution < 1.29 is 8.78 Å². The van der Waals surface area contributed by atoms with E-state index in [9.17, 15) is 8.78 Å². The fraction of sp³-hybridized carbons (Fsp3) is 0.600. The fourth-order valence-corrected chi connectivity index (χ4v) is 2.93. The molecule has 2 atom stereocenters. The molecule has 2 unspecified atom stereocenters. The number of fused-ring (bicyclic) bond motifs is 1. The van der Waals surface area contributed by atoms with Crippen molar-refractivity contribution in [3.8, 4) is 0 Å². The third-order valence-electron chi connectivity index (χ3n) is 3.93. The van der Waals surface area contributed by atoms with Gasteiger partial charge >= 0.3 is 0 Å². The molecule has 100 valence electrons. The van der Waals surface area contributed by atoms with E-state index in [0.29, 0.717) is 11.1 Å². The zero-order valence-electron chi connectivity index (χ0n) is 11.3. The minimum atomic E-state index is -0.427. The van der Waals surface area contributed by atoms with Crippen LogP contribution in [0.25, 0.3) is 0 Å². The second-order valence-electron chi connectivity index (χ2n) is 5.28. The van der Waals surface area contributed by atoms with Crippen molar-refractivity contribution in [1.29, 1.82) is 0 Å². The van der Waals surface area contributed by atoms with Crippen LogP contribution in [0.15, 0.2) is 6.07 Å². The molecule has 0 amide bonds. The molecule has 0 radical (unpaired) electrons. The lowest BCUT2D eigenvalue weighted by Crippen LogP contribution is -2.28. The molecule has 0 fully saturated rings. The highest BCUT2D eigenvalue weighted by molar-refractivity contribution is 5.42. The molecular formula is C15H21F2N. The molecule has 0 saturated heterocycles. The molecule has 0 saturated carbocycles. The zero-order valence-corrected chi connectivity index (χ0v) is 11.3. The molecule has 1 nitrogen and oxygen atoms in total. The number of rotatable bonds is 3. The highest BCUT2D eigenvalue weighted by Crippen LogP contribution is 2.41.